The van der Waals surface area contributed by atoms with Crippen molar-refractivity contribution >= 4 is 16.9 Å². The number of carbonyl (C=O) groups excluding carboxylic acids is 1. The fourth-order valence-electron chi connectivity index (χ4n) is 2.80. The second-order valence-corrected chi connectivity index (χ2v) is 5.88. The molecule has 25 heavy (non-hydrogen) atoms. The molecule has 1 N–H and O–H groups in total. The van der Waals surface area contributed by atoms with Crippen LogP contribution in [0.5, 0.6) is 5.75 Å². The van der Waals surface area contributed by atoms with E-state index in [1.165, 1.54) is 0 Å². The van der Waals surface area contributed by atoms with Gasteiger partial charge in [0.25, 0.3) is 0 Å². The van der Waals surface area contributed by atoms with Crippen LogP contribution in [0.2, 0.25) is 0 Å². The Hall–Kier alpha value is -2.82. The molecule has 5 nitrogen and oxygen atoms in total. The summed E-state index contributed by atoms with van der Waals surface area (Å²) in [5, 5.41) is 4.12. The number of rotatable bonds is 8. The Morgan fingerprint density at radius 2 is 2.04 bits per heavy atom. The number of amides is 1. The second-order valence-electron chi connectivity index (χ2n) is 5.88. The van der Waals surface area contributed by atoms with Crippen molar-refractivity contribution in [2.75, 3.05) is 13.2 Å². The monoisotopic (exact) mass is 337 g/mol. The van der Waals surface area contributed by atoms with Crippen LogP contribution in [0.4, 0.5) is 0 Å². The summed E-state index contributed by atoms with van der Waals surface area (Å²) in [5.74, 6) is 0.874. The van der Waals surface area contributed by atoms with E-state index in [0.29, 0.717) is 19.6 Å². The number of ether oxygens (including phenoxy) is 1. The normalized spacial score (nSPS) is 10.8. The van der Waals surface area contributed by atoms with Gasteiger partial charge in [0.2, 0.25) is 5.91 Å². The number of aromatic nitrogens is 2. The zero-order valence-corrected chi connectivity index (χ0v) is 14.4. The van der Waals surface area contributed by atoms with Gasteiger partial charge >= 0.3 is 0 Å². The van der Waals surface area contributed by atoms with Crippen LogP contribution < -0.4 is 10.1 Å². The molecule has 3 rings (SSSR count). The van der Waals surface area contributed by atoms with Crippen LogP contribution >= 0.6 is 0 Å². The Bertz CT molecular complexity index is 824. The van der Waals surface area contributed by atoms with Crippen LogP contribution in [0.15, 0.2) is 54.9 Å². The molecule has 0 unspecified atom stereocenters. The van der Waals surface area contributed by atoms with Gasteiger partial charge in [-0.3, -0.25) is 4.79 Å². The molecule has 0 fully saturated rings. The third-order valence-electron chi connectivity index (χ3n) is 4.02. The summed E-state index contributed by atoms with van der Waals surface area (Å²) in [6, 6.07) is 13.7. The SMILES string of the molecule is CCOc1ccc(CC(=O)NCCCn2ccc3cccnc32)cc1. The van der Waals surface area contributed by atoms with Crippen LogP contribution in [-0.4, -0.2) is 28.6 Å². The molecule has 0 spiro atoms. The van der Waals surface area contributed by atoms with Gasteiger partial charge < -0.3 is 14.6 Å². The molecule has 0 bridgehead atoms. The topological polar surface area (TPSA) is 56.1 Å². The molecular weight excluding hydrogens is 314 g/mol. The second kappa shape index (κ2) is 8.33. The van der Waals surface area contributed by atoms with Gasteiger partial charge in [-0.2, -0.15) is 0 Å². The zero-order valence-electron chi connectivity index (χ0n) is 14.4. The maximum Gasteiger partial charge on any atom is 0.224 e. The predicted octanol–water partition coefficient (Wildman–Crippen LogP) is 3.18. The molecule has 2 heterocycles. The number of pyridine rings is 1. The van der Waals surface area contributed by atoms with E-state index in [9.17, 15) is 4.79 Å². The first kappa shape index (κ1) is 17.0. The summed E-state index contributed by atoms with van der Waals surface area (Å²) in [4.78, 5) is 16.4. The fraction of sp³-hybridized carbons (Fsp3) is 0.300. The first-order valence-electron chi connectivity index (χ1n) is 8.64. The number of benzene rings is 1. The smallest absolute Gasteiger partial charge is 0.224 e. The highest BCUT2D eigenvalue weighted by molar-refractivity contribution is 5.78. The zero-order chi connectivity index (χ0) is 17.5. The average Bonchev–Trinajstić information content (AvgIpc) is 3.04. The van der Waals surface area contributed by atoms with Gasteiger partial charge in [0.1, 0.15) is 11.4 Å². The lowest BCUT2D eigenvalue weighted by Gasteiger charge is -2.08. The lowest BCUT2D eigenvalue weighted by molar-refractivity contribution is -0.120. The van der Waals surface area contributed by atoms with Crippen molar-refractivity contribution in [3.63, 3.8) is 0 Å². The standard InChI is InChI=1S/C20H23N3O2/c1-2-25-18-8-6-16(7-9-18)15-19(24)21-12-4-13-23-14-10-17-5-3-11-22-20(17)23/h3,5-11,14H,2,4,12-13,15H2,1H3,(H,21,24). The van der Waals surface area contributed by atoms with Crippen LogP contribution in [-0.2, 0) is 17.8 Å². The Morgan fingerprint density at radius 1 is 1.20 bits per heavy atom. The molecule has 0 aliphatic rings. The summed E-state index contributed by atoms with van der Waals surface area (Å²) < 4.78 is 7.52. The maximum atomic E-state index is 12.0. The van der Waals surface area contributed by atoms with Crippen molar-refractivity contribution < 1.29 is 9.53 Å². The predicted molar refractivity (Wildman–Crippen MR) is 98.7 cm³/mol. The van der Waals surface area contributed by atoms with Crippen LogP contribution in [0.25, 0.3) is 11.0 Å². The number of hydrogen-bond donors (Lipinski definition) is 1. The van der Waals surface area contributed by atoms with E-state index in [2.05, 4.69) is 27.0 Å². The van der Waals surface area contributed by atoms with Gasteiger partial charge in [0, 0.05) is 30.9 Å². The van der Waals surface area contributed by atoms with E-state index in [0.717, 1.165) is 35.3 Å². The van der Waals surface area contributed by atoms with E-state index in [-0.39, 0.29) is 5.91 Å². The summed E-state index contributed by atoms with van der Waals surface area (Å²) in [6.07, 6.45) is 5.10. The quantitative estimate of drug-likeness (QED) is 0.642. The molecule has 3 aromatic rings. The maximum absolute atomic E-state index is 12.0. The number of fused-ring (bicyclic) bond motifs is 1. The van der Waals surface area contributed by atoms with E-state index < -0.39 is 0 Å². The van der Waals surface area contributed by atoms with Crippen molar-refractivity contribution in [1.29, 1.82) is 0 Å². The minimum Gasteiger partial charge on any atom is -0.494 e. The number of hydrogen-bond acceptors (Lipinski definition) is 3. The average molecular weight is 337 g/mol. The molecule has 5 heteroatoms. The van der Waals surface area contributed by atoms with Crippen LogP contribution in [0.1, 0.15) is 18.9 Å². The number of aryl methyl sites for hydroxylation is 1. The van der Waals surface area contributed by atoms with Crippen molar-refractivity contribution in [1.82, 2.24) is 14.9 Å². The van der Waals surface area contributed by atoms with Crippen molar-refractivity contribution in [2.24, 2.45) is 0 Å². The van der Waals surface area contributed by atoms with Gasteiger partial charge in [0.05, 0.1) is 13.0 Å². The van der Waals surface area contributed by atoms with Gasteiger partial charge in [-0.05, 0) is 49.2 Å². The summed E-state index contributed by atoms with van der Waals surface area (Å²) >= 11 is 0. The van der Waals surface area contributed by atoms with E-state index in [4.69, 9.17) is 4.74 Å². The molecule has 0 aliphatic carbocycles. The summed E-state index contributed by atoms with van der Waals surface area (Å²) in [6.45, 7) is 4.09. The Labute approximate surface area is 147 Å². The highest BCUT2D eigenvalue weighted by Gasteiger charge is 2.04. The molecule has 0 saturated carbocycles. The largest absolute Gasteiger partial charge is 0.494 e. The third-order valence-corrected chi connectivity index (χ3v) is 4.02. The fourth-order valence-corrected chi connectivity index (χ4v) is 2.80. The van der Waals surface area contributed by atoms with Gasteiger partial charge in [-0.15, -0.1) is 0 Å². The number of nitrogens with one attached hydrogen (secondary N) is 1. The Kier molecular flexibility index (Phi) is 5.67. The molecule has 2 aromatic heterocycles. The Balaban J connectivity index is 1.42. The van der Waals surface area contributed by atoms with Gasteiger partial charge in [0.15, 0.2) is 0 Å². The minimum absolute atomic E-state index is 0.0413. The number of nitrogens with zero attached hydrogens (tertiary/aromatic N) is 2. The highest BCUT2D eigenvalue weighted by Crippen LogP contribution is 2.13. The molecule has 130 valence electrons. The van der Waals surface area contributed by atoms with E-state index in [1.54, 1.807) is 6.20 Å². The molecule has 0 atom stereocenters. The highest BCUT2D eigenvalue weighted by atomic mass is 16.5. The molecule has 0 radical (unpaired) electrons. The third kappa shape index (κ3) is 4.59. The summed E-state index contributed by atoms with van der Waals surface area (Å²) in [7, 11) is 0. The molecule has 0 saturated heterocycles. The van der Waals surface area contributed by atoms with Gasteiger partial charge in [-0.1, -0.05) is 12.1 Å². The molecule has 0 aliphatic heterocycles. The van der Waals surface area contributed by atoms with E-state index in [1.807, 2.05) is 43.5 Å². The van der Waals surface area contributed by atoms with Crippen LogP contribution in [0.3, 0.4) is 0 Å². The number of carbonyl (C=O) groups is 1. The van der Waals surface area contributed by atoms with Crippen LogP contribution in [0, 0.1) is 0 Å². The minimum atomic E-state index is 0.0413. The lowest BCUT2D eigenvalue weighted by Crippen LogP contribution is -2.26. The van der Waals surface area contributed by atoms with Crippen molar-refractivity contribution in [3.8, 4) is 5.75 Å². The molecule has 1 amide bonds. The molecular formula is C20H23N3O2. The van der Waals surface area contributed by atoms with Crippen molar-refractivity contribution in [2.45, 2.75) is 26.3 Å². The van der Waals surface area contributed by atoms with E-state index >= 15 is 0 Å². The van der Waals surface area contributed by atoms with Gasteiger partial charge in [-0.25, -0.2) is 4.98 Å². The Morgan fingerprint density at radius 3 is 2.84 bits per heavy atom. The first-order chi connectivity index (χ1) is 12.3. The summed E-state index contributed by atoms with van der Waals surface area (Å²) in [5.41, 5.74) is 1.98. The lowest BCUT2D eigenvalue weighted by atomic mass is 10.1. The molecule has 1 aromatic carbocycles. The first-order valence-corrected chi connectivity index (χ1v) is 8.64. The van der Waals surface area contributed by atoms with Crippen molar-refractivity contribution in [3.05, 3.63) is 60.4 Å².